The second-order valence-electron chi connectivity index (χ2n) is 6.67. The zero-order valence-corrected chi connectivity index (χ0v) is 18.1. The molecule has 1 aliphatic rings. The second kappa shape index (κ2) is 9.76. The number of amides is 1. The second-order valence-corrected chi connectivity index (χ2v) is 8.35. The van der Waals surface area contributed by atoms with E-state index in [9.17, 15) is 4.79 Å². The molecule has 1 saturated heterocycles. The molecule has 0 atom stereocenters. The highest BCUT2D eigenvalue weighted by atomic mass is 32.2. The molecule has 29 heavy (non-hydrogen) atoms. The van der Waals surface area contributed by atoms with Gasteiger partial charge >= 0.3 is 0 Å². The lowest BCUT2D eigenvalue weighted by Gasteiger charge is -2.10. The largest absolute Gasteiger partial charge is 0.490 e. The molecule has 0 radical (unpaired) electrons. The molecular weight excluding hydrogens is 402 g/mol. The van der Waals surface area contributed by atoms with E-state index >= 15 is 0 Å². The maximum absolute atomic E-state index is 12.4. The molecule has 2 aromatic carbocycles. The molecule has 2 aromatic rings. The summed E-state index contributed by atoms with van der Waals surface area (Å²) < 4.78 is 12.1. The van der Waals surface area contributed by atoms with Crippen LogP contribution in [0.1, 0.15) is 16.7 Å². The van der Waals surface area contributed by atoms with Gasteiger partial charge < -0.3 is 9.47 Å². The Balaban J connectivity index is 1.58. The Morgan fingerprint density at radius 3 is 2.45 bits per heavy atom. The van der Waals surface area contributed by atoms with E-state index in [2.05, 4.69) is 12.6 Å². The minimum atomic E-state index is -0.0898. The Morgan fingerprint density at radius 1 is 1.07 bits per heavy atom. The van der Waals surface area contributed by atoms with Crippen LogP contribution in [0.3, 0.4) is 0 Å². The first-order valence-electron chi connectivity index (χ1n) is 9.26. The number of thioether (sulfide) groups is 1. The first-order valence-corrected chi connectivity index (χ1v) is 10.5. The van der Waals surface area contributed by atoms with Gasteiger partial charge in [-0.3, -0.25) is 9.69 Å². The number of ether oxygens (including phenoxy) is 2. The summed E-state index contributed by atoms with van der Waals surface area (Å²) in [6.45, 7) is 9.07. The maximum atomic E-state index is 12.4. The molecule has 1 heterocycles. The summed E-state index contributed by atoms with van der Waals surface area (Å²) >= 11 is 6.57. The van der Waals surface area contributed by atoms with Crippen LogP contribution >= 0.6 is 24.0 Å². The van der Waals surface area contributed by atoms with Crippen LogP contribution in [0.5, 0.6) is 11.5 Å². The third-order valence-corrected chi connectivity index (χ3v) is 5.53. The lowest BCUT2D eigenvalue weighted by molar-refractivity contribution is -0.121. The average molecular weight is 426 g/mol. The molecule has 0 saturated carbocycles. The van der Waals surface area contributed by atoms with Crippen LogP contribution in [0.4, 0.5) is 0 Å². The van der Waals surface area contributed by atoms with Gasteiger partial charge in [-0.25, -0.2) is 0 Å². The highest BCUT2D eigenvalue weighted by Crippen LogP contribution is 2.32. The van der Waals surface area contributed by atoms with Gasteiger partial charge in [-0.2, -0.15) is 0 Å². The molecule has 0 aromatic heterocycles. The van der Waals surface area contributed by atoms with E-state index in [1.165, 1.54) is 22.9 Å². The minimum Gasteiger partial charge on any atom is -0.490 e. The summed E-state index contributed by atoms with van der Waals surface area (Å²) in [6.07, 6.45) is 3.50. The predicted octanol–water partition coefficient (Wildman–Crippen LogP) is 5.15. The summed E-state index contributed by atoms with van der Waals surface area (Å²) in [6, 6.07) is 13.7. The fraction of sp³-hybridized carbons (Fsp3) is 0.217. The number of rotatable bonds is 8. The van der Waals surface area contributed by atoms with E-state index in [0.717, 1.165) is 17.1 Å². The van der Waals surface area contributed by atoms with Crippen LogP contribution in [0.15, 0.2) is 60.0 Å². The number of thiocarbonyl (C=S) groups is 1. The number of aryl methyl sites for hydroxylation is 2. The van der Waals surface area contributed by atoms with Crippen molar-refractivity contribution in [3.8, 4) is 11.5 Å². The van der Waals surface area contributed by atoms with E-state index in [-0.39, 0.29) is 5.91 Å². The van der Waals surface area contributed by atoms with Crippen LogP contribution < -0.4 is 9.47 Å². The Hall–Kier alpha value is -2.57. The van der Waals surface area contributed by atoms with Crippen molar-refractivity contribution >= 4 is 40.3 Å². The van der Waals surface area contributed by atoms with E-state index in [1.54, 1.807) is 11.0 Å². The molecule has 0 spiro atoms. The average Bonchev–Trinajstić information content (AvgIpc) is 2.93. The van der Waals surface area contributed by atoms with Gasteiger partial charge in [0.1, 0.15) is 29.0 Å². The summed E-state index contributed by atoms with van der Waals surface area (Å²) in [7, 11) is 0. The molecule has 0 unspecified atom stereocenters. The molecular formula is C23H23NO3S2. The van der Waals surface area contributed by atoms with Crippen molar-refractivity contribution in [1.82, 2.24) is 4.90 Å². The summed E-state index contributed by atoms with van der Waals surface area (Å²) in [5, 5.41) is 0. The molecule has 1 fully saturated rings. The van der Waals surface area contributed by atoms with E-state index < -0.39 is 0 Å². The van der Waals surface area contributed by atoms with Crippen LogP contribution in [0.2, 0.25) is 0 Å². The Bertz CT molecular complexity index is 948. The molecule has 0 aliphatic carbocycles. The maximum Gasteiger partial charge on any atom is 0.266 e. The van der Waals surface area contributed by atoms with Gasteiger partial charge in [0.05, 0.1) is 4.91 Å². The van der Waals surface area contributed by atoms with Crippen molar-refractivity contribution in [3.05, 3.63) is 76.7 Å². The van der Waals surface area contributed by atoms with Gasteiger partial charge in [-0.1, -0.05) is 48.3 Å². The van der Waals surface area contributed by atoms with Crippen LogP contribution in [0, 0.1) is 13.8 Å². The van der Waals surface area contributed by atoms with E-state index in [1.807, 2.05) is 56.3 Å². The van der Waals surface area contributed by atoms with Crippen molar-refractivity contribution in [3.63, 3.8) is 0 Å². The smallest absolute Gasteiger partial charge is 0.266 e. The van der Waals surface area contributed by atoms with Crippen LogP contribution in [-0.2, 0) is 4.79 Å². The fourth-order valence-electron chi connectivity index (χ4n) is 2.97. The Kier molecular flexibility index (Phi) is 7.12. The minimum absolute atomic E-state index is 0.0898. The zero-order chi connectivity index (χ0) is 20.8. The Morgan fingerprint density at radius 2 is 1.76 bits per heavy atom. The van der Waals surface area contributed by atoms with Gasteiger partial charge in [0.15, 0.2) is 0 Å². The predicted molar refractivity (Wildman–Crippen MR) is 123 cm³/mol. The van der Waals surface area contributed by atoms with Crippen LogP contribution in [-0.4, -0.2) is 34.9 Å². The molecule has 1 amide bonds. The van der Waals surface area contributed by atoms with Gasteiger partial charge in [0.2, 0.25) is 0 Å². The SMILES string of the molecule is C=CCN1C(=O)/C(=C\c2cccc(OCCOc3cc(C)cc(C)c3)c2)SC1=S. The highest BCUT2D eigenvalue weighted by molar-refractivity contribution is 8.26. The number of benzene rings is 2. The first kappa shape index (κ1) is 21.1. The molecule has 0 bridgehead atoms. The number of nitrogens with zero attached hydrogens (tertiary/aromatic N) is 1. The lowest BCUT2D eigenvalue weighted by atomic mass is 10.1. The molecule has 4 nitrogen and oxygen atoms in total. The van der Waals surface area contributed by atoms with Crippen molar-refractivity contribution < 1.29 is 14.3 Å². The monoisotopic (exact) mass is 425 g/mol. The van der Waals surface area contributed by atoms with Gasteiger partial charge in [0.25, 0.3) is 5.91 Å². The third-order valence-electron chi connectivity index (χ3n) is 4.16. The molecule has 1 aliphatic heterocycles. The molecule has 0 N–H and O–H groups in total. The number of hydrogen-bond donors (Lipinski definition) is 0. The van der Waals surface area contributed by atoms with Crippen molar-refractivity contribution in [1.29, 1.82) is 0 Å². The third kappa shape index (κ3) is 5.71. The van der Waals surface area contributed by atoms with Crippen molar-refractivity contribution in [2.45, 2.75) is 13.8 Å². The topological polar surface area (TPSA) is 38.8 Å². The Labute approximate surface area is 181 Å². The molecule has 3 rings (SSSR count). The first-order chi connectivity index (χ1) is 14.0. The van der Waals surface area contributed by atoms with E-state index in [4.69, 9.17) is 21.7 Å². The summed E-state index contributed by atoms with van der Waals surface area (Å²) in [5.74, 6) is 1.49. The highest BCUT2D eigenvalue weighted by Gasteiger charge is 2.30. The van der Waals surface area contributed by atoms with Crippen molar-refractivity contribution in [2.24, 2.45) is 0 Å². The zero-order valence-electron chi connectivity index (χ0n) is 16.5. The summed E-state index contributed by atoms with van der Waals surface area (Å²) in [5.41, 5.74) is 3.23. The van der Waals surface area contributed by atoms with Gasteiger partial charge in [0, 0.05) is 6.54 Å². The molecule has 6 heteroatoms. The fourth-order valence-corrected chi connectivity index (χ4v) is 4.24. The summed E-state index contributed by atoms with van der Waals surface area (Å²) in [4.78, 5) is 14.6. The lowest BCUT2D eigenvalue weighted by Crippen LogP contribution is -2.27. The standard InChI is InChI=1S/C23H23NO3S2/c1-4-8-24-22(25)21(29-23(24)28)15-18-6-5-7-19(14-18)26-9-10-27-20-12-16(2)11-17(3)13-20/h4-7,11-15H,1,8-10H2,2-3H3/b21-15+. The quantitative estimate of drug-likeness (QED) is 0.253. The van der Waals surface area contributed by atoms with Crippen molar-refractivity contribution in [2.75, 3.05) is 19.8 Å². The van der Waals surface area contributed by atoms with E-state index in [0.29, 0.717) is 29.0 Å². The van der Waals surface area contributed by atoms with Gasteiger partial charge in [-0.15, -0.1) is 6.58 Å². The normalized spacial score (nSPS) is 15.1. The number of hydrogen-bond acceptors (Lipinski definition) is 5. The number of carbonyl (C=O) groups is 1. The van der Waals surface area contributed by atoms with Crippen LogP contribution in [0.25, 0.3) is 6.08 Å². The van der Waals surface area contributed by atoms with Gasteiger partial charge in [-0.05, 0) is 60.9 Å². The number of carbonyl (C=O) groups excluding carboxylic acids is 1. The molecule has 150 valence electrons.